The van der Waals surface area contributed by atoms with E-state index in [-0.39, 0.29) is 6.04 Å². The Balaban J connectivity index is 2.07. The lowest BCUT2D eigenvalue weighted by Crippen LogP contribution is -2.45. The van der Waals surface area contributed by atoms with Gasteiger partial charge in [-0.05, 0) is 50.1 Å². The van der Waals surface area contributed by atoms with Crippen LogP contribution in [0, 0.1) is 6.92 Å². The van der Waals surface area contributed by atoms with Gasteiger partial charge in [-0.25, -0.2) is 0 Å². The van der Waals surface area contributed by atoms with Crippen LogP contribution in [0.2, 0.25) is 0 Å². The Morgan fingerprint density at radius 2 is 2.10 bits per heavy atom. The first-order chi connectivity index (χ1) is 9.67. The smallest absolute Gasteiger partial charge is 0.0599 e. The Kier molecular flexibility index (Phi) is 6.02. The van der Waals surface area contributed by atoms with Crippen LogP contribution in [0.15, 0.2) is 11.4 Å². The summed E-state index contributed by atoms with van der Waals surface area (Å²) in [5, 5.41) is 2.19. The van der Waals surface area contributed by atoms with Crippen LogP contribution < -0.4 is 5.73 Å². The molecule has 0 aliphatic carbocycles. The van der Waals surface area contributed by atoms with E-state index in [1.807, 2.05) is 11.3 Å². The molecule has 1 aromatic heterocycles. The monoisotopic (exact) mass is 296 g/mol. The summed E-state index contributed by atoms with van der Waals surface area (Å²) in [5.41, 5.74) is 7.82. The highest BCUT2D eigenvalue weighted by Crippen LogP contribution is 2.33. The quantitative estimate of drug-likeness (QED) is 0.875. The third kappa shape index (κ3) is 3.61. The topological polar surface area (TPSA) is 38.5 Å². The molecule has 0 bridgehead atoms. The van der Waals surface area contributed by atoms with Gasteiger partial charge in [-0.2, -0.15) is 0 Å². The summed E-state index contributed by atoms with van der Waals surface area (Å²) in [6.45, 7) is 9.49. The minimum absolute atomic E-state index is 0.219. The summed E-state index contributed by atoms with van der Waals surface area (Å²) >= 11 is 1.85. The molecule has 3 nitrogen and oxygen atoms in total. The highest BCUT2D eigenvalue weighted by atomic mass is 32.1. The summed E-state index contributed by atoms with van der Waals surface area (Å²) in [4.78, 5) is 4.02. The maximum Gasteiger partial charge on any atom is 0.0599 e. The van der Waals surface area contributed by atoms with Crippen LogP contribution in [0.1, 0.15) is 49.6 Å². The molecule has 1 fully saturated rings. The van der Waals surface area contributed by atoms with Gasteiger partial charge in [0.1, 0.15) is 0 Å². The van der Waals surface area contributed by atoms with E-state index in [2.05, 4.69) is 37.1 Å². The predicted octanol–water partition coefficient (Wildman–Crippen LogP) is 3.34. The van der Waals surface area contributed by atoms with Gasteiger partial charge in [0.05, 0.1) is 12.1 Å². The zero-order valence-electron chi connectivity index (χ0n) is 13.0. The van der Waals surface area contributed by atoms with Gasteiger partial charge in [-0.3, -0.25) is 4.90 Å². The van der Waals surface area contributed by atoms with E-state index in [0.29, 0.717) is 12.1 Å². The van der Waals surface area contributed by atoms with Crippen molar-refractivity contribution in [3.63, 3.8) is 0 Å². The number of rotatable bonds is 6. The van der Waals surface area contributed by atoms with Crippen molar-refractivity contribution >= 4 is 11.3 Å². The summed E-state index contributed by atoms with van der Waals surface area (Å²) in [7, 11) is 0. The first-order valence-electron chi connectivity index (χ1n) is 7.82. The molecule has 2 N–H and O–H groups in total. The molecule has 20 heavy (non-hydrogen) atoms. The molecule has 2 rings (SSSR count). The highest BCUT2D eigenvalue weighted by Gasteiger charge is 2.31. The van der Waals surface area contributed by atoms with Gasteiger partial charge in [-0.15, -0.1) is 11.3 Å². The Morgan fingerprint density at radius 1 is 1.40 bits per heavy atom. The zero-order chi connectivity index (χ0) is 14.5. The summed E-state index contributed by atoms with van der Waals surface area (Å²) in [5.74, 6) is 0. The molecule has 0 radical (unpaired) electrons. The van der Waals surface area contributed by atoms with Gasteiger partial charge in [0.25, 0.3) is 0 Å². The standard InChI is InChI=1S/C16H28N2OS/c1-4-14(17)15(16-12(3)8-11-20-16)18-9-6-13(7-10-18)19-5-2/h8,11,13-15H,4-7,9-10,17H2,1-3H3. The lowest BCUT2D eigenvalue weighted by atomic mass is 9.97. The van der Waals surface area contributed by atoms with E-state index < -0.39 is 0 Å². The van der Waals surface area contributed by atoms with Crippen LogP contribution in [0.4, 0.5) is 0 Å². The Labute approximate surface area is 127 Å². The van der Waals surface area contributed by atoms with E-state index in [9.17, 15) is 0 Å². The average molecular weight is 296 g/mol. The van der Waals surface area contributed by atoms with E-state index in [1.165, 1.54) is 10.4 Å². The van der Waals surface area contributed by atoms with Crippen molar-refractivity contribution in [3.05, 3.63) is 21.9 Å². The van der Waals surface area contributed by atoms with Crippen molar-refractivity contribution in [2.75, 3.05) is 19.7 Å². The molecule has 2 heterocycles. The fourth-order valence-electron chi connectivity index (χ4n) is 3.10. The molecule has 2 unspecified atom stereocenters. The number of piperidine rings is 1. The molecule has 0 spiro atoms. The van der Waals surface area contributed by atoms with Crippen LogP contribution in [-0.2, 0) is 4.74 Å². The summed E-state index contributed by atoms with van der Waals surface area (Å²) in [6.07, 6.45) is 3.73. The molecule has 2 atom stereocenters. The van der Waals surface area contributed by atoms with Gasteiger partial charge < -0.3 is 10.5 Å². The average Bonchev–Trinajstić information content (AvgIpc) is 2.87. The van der Waals surface area contributed by atoms with Gasteiger partial charge >= 0.3 is 0 Å². The number of thiophene rings is 1. The van der Waals surface area contributed by atoms with Crippen LogP contribution in [0.3, 0.4) is 0 Å². The fourth-order valence-corrected chi connectivity index (χ4v) is 4.23. The highest BCUT2D eigenvalue weighted by molar-refractivity contribution is 7.10. The molecule has 0 saturated carbocycles. The zero-order valence-corrected chi connectivity index (χ0v) is 13.8. The number of aryl methyl sites for hydroxylation is 1. The second-order valence-electron chi connectivity index (χ2n) is 5.68. The number of nitrogens with zero attached hydrogens (tertiary/aromatic N) is 1. The Bertz CT molecular complexity index is 399. The van der Waals surface area contributed by atoms with Crippen molar-refractivity contribution in [2.24, 2.45) is 5.73 Å². The third-order valence-electron chi connectivity index (χ3n) is 4.32. The summed E-state index contributed by atoms with van der Waals surface area (Å²) in [6, 6.07) is 2.81. The largest absolute Gasteiger partial charge is 0.378 e. The van der Waals surface area contributed by atoms with Crippen molar-refractivity contribution in [3.8, 4) is 0 Å². The van der Waals surface area contributed by atoms with Gasteiger partial charge in [0.2, 0.25) is 0 Å². The number of nitrogens with two attached hydrogens (primary N) is 1. The van der Waals surface area contributed by atoms with Crippen molar-refractivity contribution in [1.29, 1.82) is 0 Å². The maximum atomic E-state index is 6.44. The first kappa shape index (κ1) is 16.0. The molecule has 114 valence electrons. The van der Waals surface area contributed by atoms with Gasteiger partial charge in [0.15, 0.2) is 0 Å². The molecule has 4 heteroatoms. The van der Waals surface area contributed by atoms with Crippen LogP contribution >= 0.6 is 11.3 Å². The third-order valence-corrected chi connectivity index (χ3v) is 5.41. The van der Waals surface area contributed by atoms with Crippen molar-refractivity contribution in [1.82, 2.24) is 4.90 Å². The SMILES string of the molecule is CCOC1CCN(C(c2sccc2C)C(N)CC)CC1. The lowest BCUT2D eigenvalue weighted by molar-refractivity contribution is 0.000737. The first-order valence-corrected chi connectivity index (χ1v) is 8.70. The van der Waals surface area contributed by atoms with Crippen LogP contribution in [0.25, 0.3) is 0 Å². The second-order valence-corrected chi connectivity index (χ2v) is 6.62. The van der Waals surface area contributed by atoms with Crippen LogP contribution in [-0.4, -0.2) is 36.7 Å². The molecule has 1 saturated heterocycles. The van der Waals surface area contributed by atoms with Crippen molar-refractivity contribution in [2.45, 2.75) is 58.2 Å². The molecule has 1 aliphatic rings. The normalized spacial score (nSPS) is 21.0. The van der Waals surface area contributed by atoms with Crippen molar-refractivity contribution < 1.29 is 4.74 Å². The minimum atomic E-state index is 0.219. The molecule has 1 aromatic rings. The lowest BCUT2D eigenvalue weighted by Gasteiger charge is -2.39. The van der Waals surface area contributed by atoms with E-state index in [1.54, 1.807) is 0 Å². The van der Waals surface area contributed by atoms with Crippen LogP contribution in [0.5, 0.6) is 0 Å². The van der Waals surface area contributed by atoms with E-state index >= 15 is 0 Å². The molecule has 0 aromatic carbocycles. The molecule has 0 amide bonds. The molecule has 1 aliphatic heterocycles. The Morgan fingerprint density at radius 3 is 2.60 bits per heavy atom. The molecular weight excluding hydrogens is 268 g/mol. The molecular formula is C16H28N2OS. The summed E-state index contributed by atoms with van der Waals surface area (Å²) < 4.78 is 5.76. The van der Waals surface area contributed by atoms with E-state index in [4.69, 9.17) is 10.5 Å². The maximum absolute atomic E-state index is 6.44. The Hall–Kier alpha value is -0.420. The van der Waals surface area contributed by atoms with Gasteiger partial charge in [-0.1, -0.05) is 6.92 Å². The predicted molar refractivity (Wildman–Crippen MR) is 86.3 cm³/mol. The van der Waals surface area contributed by atoms with Gasteiger partial charge in [0, 0.05) is 30.6 Å². The number of likely N-dealkylation sites (tertiary alicyclic amines) is 1. The number of hydrogen-bond acceptors (Lipinski definition) is 4. The second kappa shape index (κ2) is 7.55. The van der Waals surface area contributed by atoms with E-state index in [0.717, 1.165) is 39.0 Å². The number of ether oxygens (including phenoxy) is 1. The number of hydrogen-bond donors (Lipinski definition) is 1. The fraction of sp³-hybridized carbons (Fsp3) is 0.750. The minimum Gasteiger partial charge on any atom is -0.378 e.